The fourth-order valence-electron chi connectivity index (χ4n) is 1.77. The van der Waals surface area contributed by atoms with Gasteiger partial charge in [0.2, 0.25) is 0 Å². The highest BCUT2D eigenvalue weighted by Gasteiger charge is 2.23. The second kappa shape index (κ2) is 3.57. The molecule has 76 valence electrons. The van der Waals surface area contributed by atoms with E-state index >= 15 is 0 Å². The first-order chi connectivity index (χ1) is 6.66. The lowest BCUT2D eigenvalue weighted by Crippen LogP contribution is -2.37. The van der Waals surface area contributed by atoms with E-state index in [4.69, 9.17) is 5.11 Å². The minimum Gasteiger partial charge on any atom is -0.465 e. The summed E-state index contributed by atoms with van der Waals surface area (Å²) in [5, 5.41) is 12.5. The highest BCUT2D eigenvalue weighted by molar-refractivity contribution is 7.10. The molecule has 1 amide bonds. The number of hydrogen-bond acceptors (Lipinski definition) is 2. The Hall–Kier alpha value is -1.10. The van der Waals surface area contributed by atoms with Gasteiger partial charge in [-0.15, -0.1) is 11.3 Å². The molecule has 0 spiro atoms. The summed E-state index contributed by atoms with van der Waals surface area (Å²) in [5.74, 6) is -0.140. The summed E-state index contributed by atoms with van der Waals surface area (Å²) in [6.45, 7) is 0. The lowest BCUT2D eigenvalue weighted by atomic mass is 9.95. The van der Waals surface area contributed by atoms with Gasteiger partial charge in [0.1, 0.15) is 5.82 Å². The first-order valence-corrected chi connectivity index (χ1v) is 5.29. The summed E-state index contributed by atoms with van der Waals surface area (Å²) < 4.78 is 13.1. The van der Waals surface area contributed by atoms with Gasteiger partial charge in [-0.3, -0.25) is 0 Å². The quantitative estimate of drug-likeness (QED) is 0.752. The summed E-state index contributed by atoms with van der Waals surface area (Å²) >= 11 is 1.37. The number of carboxylic acid groups (broad SMARTS) is 1. The molecule has 2 rings (SSSR count). The molecule has 1 atom stereocenters. The Bertz CT molecular complexity index is 364. The highest BCUT2D eigenvalue weighted by Crippen LogP contribution is 2.29. The normalized spacial score (nSPS) is 20.2. The lowest BCUT2D eigenvalue weighted by molar-refractivity contribution is 0.188. The molecule has 1 unspecified atom stereocenters. The van der Waals surface area contributed by atoms with Crippen LogP contribution in [-0.2, 0) is 12.8 Å². The molecule has 1 heterocycles. The van der Waals surface area contributed by atoms with E-state index < -0.39 is 6.09 Å². The maximum atomic E-state index is 13.1. The van der Waals surface area contributed by atoms with Crippen LogP contribution in [0.1, 0.15) is 16.9 Å². The van der Waals surface area contributed by atoms with E-state index in [9.17, 15) is 9.18 Å². The highest BCUT2D eigenvalue weighted by atomic mass is 32.1. The van der Waals surface area contributed by atoms with E-state index in [1.54, 1.807) is 0 Å². The fraction of sp³-hybridized carbons (Fsp3) is 0.444. The number of nitrogens with one attached hydrogen (secondary N) is 1. The van der Waals surface area contributed by atoms with Crippen molar-refractivity contribution in [2.45, 2.75) is 25.3 Å². The molecular weight excluding hydrogens is 205 g/mol. The molecule has 0 saturated heterocycles. The molecule has 14 heavy (non-hydrogen) atoms. The van der Waals surface area contributed by atoms with E-state index in [-0.39, 0.29) is 11.9 Å². The number of hydrogen-bond donors (Lipinski definition) is 2. The van der Waals surface area contributed by atoms with Gasteiger partial charge in [-0.05, 0) is 12.8 Å². The third-order valence-electron chi connectivity index (χ3n) is 2.43. The van der Waals surface area contributed by atoms with Gasteiger partial charge in [-0.25, -0.2) is 9.18 Å². The van der Waals surface area contributed by atoms with Crippen LogP contribution in [0.25, 0.3) is 0 Å². The van der Waals surface area contributed by atoms with Gasteiger partial charge < -0.3 is 10.4 Å². The number of rotatable bonds is 1. The molecule has 5 heteroatoms. The van der Waals surface area contributed by atoms with Crippen molar-refractivity contribution in [1.82, 2.24) is 5.32 Å². The van der Waals surface area contributed by atoms with E-state index in [1.807, 2.05) is 0 Å². The van der Waals surface area contributed by atoms with Crippen LogP contribution in [0.4, 0.5) is 9.18 Å². The molecule has 0 aliphatic heterocycles. The smallest absolute Gasteiger partial charge is 0.404 e. The topological polar surface area (TPSA) is 49.3 Å². The third kappa shape index (κ3) is 1.72. The van der Waals surface area contributed by atoms with Gasteiger partial charge in [0.25, 0.3) is 0 Å². The second-order valence-corrected chi connectivity index (χ2v) is 4.34. The number of fused-ring (bicyclic) bond motifs is 1. The Morgan fingerprint density at radius 2 is 2.50 bits per heavy atom. The SMILES string of the molecule is O=C(O)NC1CCc2c(F)csc2C1. The Labute approximate surface area is 84.6 Å². The van der Waals surface area contributed by atoms with Crippen molar-refractivity contribution in [1.29, 1.82) is 0 Å². The summed E-state index contributed by atoms with van der Waals surface area (Å²) in [7, 11) is 0. The van der Waals surface area contributed by atoms with Crippen molar-refractivity contribution in [2.75, 3.05) is 0 Å². The third-order valence-corrected chi connectivity index (χ3v) is 3.45. The molecule has 0 saturated carbocycles. The average Bonchev–Trinajstić information content (AvgIpc) is 2.46. The standard InChI is InChI=1S/C9H10FNO2S/c10-7-4-14-8-3-5(11-9(12)13)1-2-6(7)8/h4-5,11H,1-3H2,(H,12,13). The molecule has 0 fully saturated rings. The number of amides is 1. The van der Waals surface area contributed by atoms with Crippen LogP contribution in [0.2, 0.25) is 0 Å². The Morgan fingerprint density at radius 3 is 3.21 bits per heavy atom. The monoisotopic (exact) mass is 215 g/mol. The van der Waals surface area contributed by atoms with Crippen LogP contribution in [-0.4, -0.2) is 17.2 Å². The number of carbonyl (C=O) groups is 1. The van der Waals surface area contributed by atoms with Crippen molar-refractivity contribution in [3.05, 3.63) is 21.6 Å². The van der Waals surface area contributed by atoms with Gasteiger partial charge in [0.05, 0.1) is 0 Å². The minimum atomic E-state index is -1.00. The van der Waals surface area contributed by atoms with Crippen LogP contribution < -0.4 is 5.32 Å². The van der Waals surface area contributed by atoms with E-state index in [2.05, 4.69) is 5.32 Å². The Balaban J connectivity index is 2.10. The predicted molar refractivity (Wildman–Crippen MR) is 51.3 cm³/mol. The lowest BCUT2D eigenvalue weighted by Gasteiger charge is -2.21. The second-order valence-electron chi connectivity index (χ2n) is 3.37. The predicted octanol–water partition coefficient (Wildman–Crippen LogP) is 2.01. The zero-order valence-corrected chi connectivity index (χ0v) is 8.23. The van der Waals surface area contributed by atoms with Crippen molar-refractivity contribution >= 4 is 17.4 Å². The maximum Gasteiger partial charge on any atom is 0.404 e. The number of thiophene rings is 1. The molecule has 1 aromatic rings. The summed E-state index contributed by atoms with van der Waals surface area (Å²) in [6, 6.07) is -0.0574. The van der Waals surface area contributed by atoms with Crippen LogP contribution in [0.3, 0.4) is 0 Å². The molecule has 3 nitrogen and oxygen atoms in total. The minimum absolute atomic E-state index is 0.0574. The summed E-state index contributed by atoms with van der Waals surface area (Å²) in [4.78, 5) is 11.4. The average molecular weight is 215 g/mol. The first-order valence-electron chi connectivity index (χ1n) is 4.41. The zero-order valence-electron chi connectivity index (χ0n) is 7.42. The number of halogens is 1. The van der Waals surface area contributed by atoms with Crippen molar-refractivity contribution in [3.8, 4) is 0 Å². The van der Waals surface area contributed by atoms with Crippen LogP contribution >= 0.6 is 11.3 Å². The van der Waals surface area contributed by atoms with Crippen LogP contribution in [0.5, 0.6) is 0 Å². The molecule has 1 aliphatic carbocycles. The summed E-state index contributed by atoms with van der Waals surface area (Å²) in [5.41, 5.74) is 0.776. The van der Waals surface area contributed by atoms with Crippen molar-refractivity contribution in [3.63, 3.8) is 0 Å². The Morgan fingerprint density at radius 1 is 1.71 bits per heavy atom. The summed E-state index contributed by atoms with van der Waals surface area (Å²) in [6.07, 6.45) is 0.939. The van der Waals surface area contributed by atoms with Gasteiger partial charge >= 0.3 is 6.09 Å². The zero-order chi connectivity index (χ0) is 10.1. The van der Waals surface area contributed by atoms with Gasteiger partial charge in [0, 0.05) is 28.3 Å². The molecule has 0 bridgehead atoms. The molecular formula is C9H10FNO2S. The van der Waals surface area contributed by atoms with E-state index in [1.165, 1.54) is 16.7 Å². The molecule has 0 radical (unpaired) electrons. The van der Waals surface area contributed by atoms with Gasteiger partial charge in [-0.1, -0.05) is 0 Å². The maximum absolute atomic E-state index is 13.1. The largest absolute Gasteiger partial charge is 0.465 e. The van der Waals surface area contributed by atoms with Crippen LogP contribution in [0.15, 0.2) is 5.38 Å². The van der Waals surface area contributed by atoms with E-state index in [0.29, 0.717) is 19.3 Å². The Kier molecular flexibility index (Phi) is 2.41. The molecule has 1 aromatic heterocycles. The molecule has 0 aromatic carbocycles. The molecule has 1 aliphatic rings. The van der Waals surface area contributed by atoms with Crippen LogP contribution in [0, 0.1) is 5.82 Å². The van der Waals surface area contributed by atoms with Crippen molar-refractivity contribution < 1.29 is 14.3 Å². The first kappa shape index (κ1) is 9.45. The van der Waals surface area contributed by atoms with Gasteiger partial charge in [-0.2, -0.15) is 0 Å². The van der Waals surface area contributed by atoms with Crippen molar-refractivity contribution in [2.24, 2.45) is 0 Å². The fourth-order valence-corrected chi connectivity index (χ4v) is 2.80. The molecule has 2 N–H and O–H groups in total. The van der Waals surface area contributed by atoms with Gasteiger partial charge in [0.15, 0.2) is 0 Å². The van der Waals surface area contributed by atoms with E-state index in [0.717, 1.165) is 10.4 Å².